The molecule has 1 atom stereocenters. The molecule has 0 radical (unpaired) electrons. The van der Waals surface area contributed by atoms with E-state index < -0.39 is 0 Å². The summed E-state index contributed by atoms with van der Waals surface area (Å²) in [5.74, 6) is -0.0919. The largest absolute Gasteiger partial charge is 0.412 e. The van der Waals surface area contributed by atoms with Gasteiger partial charge in [0.25, 0.3) is 0 Å². The van der Waals surface area contributed by atoms with Crippen LogP contribution in [0.3, 0.4) is 0 Å². The van der Waals surface area contributed by atoms with Crippen molar-refractivity contribution in [3.63, 3.8) is 0 Å². The highest BCUT2D eigenvalue weighted by molar-refractivity contribution is 5.90. The molecule has 2 aromatic carbocycles. The van der Waals surface area contributed by atoms with Gasteiger partial charge in [0.05, 0.1) is 6.04 Å². The second-order valence-electron chi connectivity index (χ2n) is 4.88. The lowest BCUT2D eigenvalue weighted by Gasteiger charge is -2.12. The van der Waals surface area contributed by atoms with Crippen molar-refractivity contribution in [1.82, 2.24) is 15.5 Å². The van der Waals surface area contributed by atoms with E-state index in [1.165, 1.54) is 0 Å². The van der Waals surface area contributed by atoms with Gasteiger partial charge < -0.3 is 9.73 Å². The van der Waals surface area contributed by atoms with E-state index in [0.717, 1.165) is 11.1 Å². The number of amides is 1. The number of carbonyl (C=O) groups excluding carboxylic acids is 1. The topological polar surface area (TPSA) is 68.0 Å². The average molecular weight is 293 g/mol. The molecule has 0 aliphatic carbocycles. The van der Waals surface area contributed by atoms with E-state index in [-0.39, 0.29) is 17.8 Å². The van der Waals surface area contributed by atoms with E-state index in [2.05, 4.69) is 15.5 Å². The van der Waals surface area contributed by atoms with Gasteiger partial charge in [0.1, 0.15) is 0 Å². The van der Waals surface area contributed by atoms with Gasteiger partial charge in [-0.1, -0.05) is 48.5 Å². The van der Waals surface area contributed by atoms with Crippen LogP contribution in [0.2, 0.25) is 0 Å². The van der Waals surface area contributed by atoms with E-state index in [9.17, 15) is 4.79 Å². The fourth-order valence-electron chi connectivity index (χ4n) is 2.10. The summed E-state index contributed by atoms with van der Waals surface area (Å²) >= 11 is 0. The van der Waals surface area contributed by atoms with Gasteiger partial charge in [0.2, 0.25) is 5.89 Å². The Labute approximate surface area is 128 Å². The SMILES string of the molecule is C[C@H](NC(=O)c1nnc(-c2ccccc2)o1)c1ccccc1. The Morgan fingerprint density at radius 3 is 2.32 bits per heavy atom. The van der Waals surface area contributed by atoms with Crippen molar-refractivity contribution in [3.05, 3.63) is 72.1 Å². The molecule has 110 valence electrons. The summed E-state index contributed by atoms with van der Waals surface area (Å²) in [4.78, 5) is 12.2. The Morgan fingerprint density at radius 2 is 1.64 bits per heavy atom. The maximum atomic E-state index is 12.2. The van der Waals surface area contributed by atoms with E-state index in [1.54, 1.807) is 0 Å². The molecule has 0 saturated carbocycles. The minimum atomic E-state index is -0.383. The van der Waals surface area contributed by atoms with Crippen molar-refractivity contribution in [2.75, 3.05) is 0 Å². The molecule has 3 rings (SSSR count). The van der Waals surface area contributed by atoms with Crippen molar-refractivity contribution in [2.24, 2.45) is 0 Å². The lowest BCUT2D eigenvalue weighted by atomic mass is 10.1. The highest BCUT2D eigenvalue weighted by atomic mass is 16.4. The van der Waals surface area contributed by atoms with Crippen molar-refractivity contribution in [1.29, 1.82) is 0 Å². The summed E-state index contributed by atoms with van der Waals surface area (Å²) in [6.07, 6.45) is 0. The standard InChI is InChI=1S/C17H15N3O2/c1-12(13-8-4-2-5-9-13)18-15(21)17-20-19-16(22-17)14-10-6-3-7-11-14/h2-12H,1H3,(H,18,21)/t12-/m0/s1. The first kappa shape index (κ1) is 14.0. The number of rotatable bonds is 4. The quantitative estimate of drug-likeness (QED) is 0.802. The average Bonchev–Trinajstić information content (AvgIpc) is 3.06. The third kappa shape index (κ3) is 3.03. The van der Waals surface area contributed by atoms with E-state index in [1.807, 2.05) is 67.6 Å². The number of nitrogens with one attached hydrogen (secondary N) is 1. The van der Waals surface area contributed by atoms with Gasteiger partial charge in [-0.05, 0) is 24.6 Å². The van der Waals surface area contributed by atoms with Gasteiger partial charge in [-0.2, -0.15) is 0 Å². The molecule has 0 bridgehead atoms. The molecule has 1 aromatic heterocycles. The Bertz CT molecular complexity index is 754. The minimum Gasteiger partial charge on any atom is -0.412 e. The first-order valence-electron chi connectivity index (χ1n) is 6.99. The Kier molecular flexibility index (Phi) is 3.96. The number of benzene rings is 2. The molecule has 0 spiro atoms. The summed E-state index contributed by atoms with van der Waals surface area (Å²) in [5.41, 5.74) is 1.80. The van der Waals surface area contributed by atoms with Gasteiger partial charge in [-0.25, -0.2) is 0 Å². The van der Waals surface area contributed by atoms with Crippen molar-refractivity contribution >= 4 is 5.91 Å². The Morgan fingerprint density at radius 1 is 1.00 bits per heavy atom. The molecule has 0 unspecified atom stereocenters. The fraction of sp³-hybridized carbons (Fsp3) is 0.118. The lowest BCUT2D eigenvalue weighted by Crippen LogP contribution is -2.26. The van der Waals surface area contributed by atoms with Crippen LogP contribution in [-0.2, 0) is 0 Å². The zero-order valence-electron chi connectivity index (χ0n) is 12.1. The molecular formula is C17H15N3O2. The third-order valence-corrected chi connectivity index (χ3v) is 3.29. The molecule has 1 N–H and O–H groups in total. The summed E-state index contributed by atoms with van der Waals surface area (Å²) in [7, 11) is 0. The van der Waals surface area contributed by atoms with Crippen molar-refractivity contribution < 1.29 is 9.21 Å². The second kappa shape index (κ2) is 6.22. The normalized spacial score (nSPS) is 11.9. The number of carbonyl (C=O) groups is 1. The highest BCUT2D eigenvalue weighted by Crippen LogP contribution is 2.17. The molecule has 0 aliphatic heterocycles. The molecule has 5 heteroatoms. The molecule has 22 heavy (non-hydrogen) atoms. The number of hydrogen-bond donors (Lipinski definition) is 1. The van der Waals surface area contributed by atoms with Crippen LogP contribution in [0.15, 0.2) is 65.1 Å². The molecule has 0 fully saturated rings. The van der Waals surface area contributed by atoms with Gasteiger partial charge in [0.15, 0.2) is 0 Å². The second-order valence-corrected chi connectivity index (χ2v) is 4.88. The van der Waals surface area contributed by atoms with Gasteiger partial charge in [-0.15, -0.1) is 10.2 Å². The third-order valence-electron chi connectivity index (χ3n) is 3.29. The summed E-state index contributed by atoms with van der Waals surface area (Å²) in [5, 5.41) is 10.6. The van der Waals surface area contributed by atoms with E-state index in [0.29, 0.717) is 5.89 Å². The molecule has 5 nitrogen and oxygen atoms in total. The van der Waals surface area contributed by atoms with Crippen LogP contribution in [0, 0.1) is 0 Å². The van der Waals surface area contributed by atoms with Gasteiger partial charge >= 0.3 is 11.8 Å². The monoisotopic (exact) mass is 293 g/mol. The summed E-state index contributed by atoms with van der Waals surface area (Å²) in [6, 6.07) is 18.9. The van der Waals surface area contributed by atoms with E-state index in [4.69, 9.17) is 4.42 Å². The molecule has 1 heterocycles. The smallest absolute Gasteiger partial charge is 0.309 e. The van der Waals surface area contributed by atoms with Crippen molar-refractivity contribution in [2.45, 2.75) is 13.0 Å². The molecule has 0 aliphatic rings. The van der Waals surface area contributed by atoms with Crippen LogP contribution in [0.25, 0.3) is 11.5 Å². The minimum absolute atomic E-state index is 0.0402. The number of aromatic nitrogens is 2. The molecule has 1 amide bonds. The summed E-state index contributed by atoms with van der Waals surface area (Å²) in [6.45, 7) is 1.90. The highest BCUT2D eigenvalue weighted by Gasteiger charge is 2.18. The van der Waals surface area contributed by atoms with Crippen LogP contribution < -0.4 is 5.32 Å². The predicted molar refractivity (Wildman–Crippen MR) is 82.1 cm³/mol. The zero-order valence-corrected chi connectivity index (χ0v) is 12.1. The van der Waals surface area contributed by atoms with Crippen LogP contribution in [0.5, 0.6) is 0 Å². The first-order chi connectivity index (χ1) is 10.7. The van der Waals surface area contributed by atoms with Crippen LogP contribution in [0.4, 0.5) is 0 Å². The Balaban J connectivity index is 1.72. The van der Waals surface area contributed by atoms with E-state index >= 15 is 0 Å². The maximum Gasteiger partial charge on any atom is 0.309 e. The molecular weight excluding hydrogens is 278 g/mol. The van der Waals surface area contributed by atoms with Crippen LogP contribution >= 0.6 is 0 Å². The van der Waals surface area contributed by atoms with Crippen LogP contribution in [0.1, 0.15) is 29.2 Å². The zero-order chi connectivity index (χ0) is 15.4. The molecule has 3 aromatic rings. The number of nitrogens with zero attached hydrogens (tertiary/aromatic N) is 2. The Hall–Kier alpha value is -2.95. The fourth-order valence-corrected chi connectivity index (χ4v) is 2.10. The number of hydrogen-bond acceptors (Lipinski definition) is 4. The first-order valence-corrected chi connectivity index (χ1v) is 6.99. The van der Waals surface area contributed by atoms with Crippen LogP contribution in [-0.4, -0.2) is 16.1 Å². The predicted octanol–water partition coefficient (Wildman–Crippen LogP) is 3.23. The van der Waals surface area contributed by atoms with Gasteiger partial charge in [-0.3, -0.25) is 4.79 Å². The maximum absolute atomic E-state index is 12.2. The summed E-state index contributed by atoms with van der Waals surface area (Å²) < 4.78 is 5.43. The van der Waals surface area contributed by atoms with Crippen molar-refractivity contribution in [3.8, 4) is 11.5 Å². The molecule has 0 saturated heterocycles. The lowest BCUT2D eigenvalue weighted by molar-refractivity contribution is 0.0905. The van der Waals surface area contributed by atoms with Gasteiger partial charge in [0, 0.05) is 5.56 Å².